The predicted octanol–water partition coefficient (Wildman–Crippen LogP) is 3.42. The third-order valence-corrected chi connectivity index (χ3v) is 5.14. The Morgan fingerprint density at radius 1 is 1.23 bits per heavy atom. The van der Waals surface area contributed by atoms with E-state index in [0.29, 0.717) is 22.8 Å². The predicted molar refractivity (Wildman–Crippen MR) is 96.2 cm³/mol. The summed E-state index contributed by atoms with van der Waals surface area (Å²) in [5, 5.41) is 8.10. The van der Waals surface area contributed by atoms with Gasteiger partial charge in [-0.3, -0.25) is 4.79 Å². The van der Waals surface area contributed by atoms with E-state index < -0.39 is 41.0 Å². The molecule has 0 radical (unpaired) electrons. The summed E-state index contributed by atoms with van der Waals surface area (Å²) < 4.78 is 68.2. The Morgan fingerprint density at radius 2 is 1.97 bits per heavy atom. The summed E-state index contributed by atoms with van der Waals surface area (Å²) in [6.45, 7) is 3.27. The lowest BCUT2D eigenvalue weighted by atomic mass is 10.0. The Bertz CT molecular complexity index is 1180. The third-order valence-electron chi connectivity index (χ3n) is 5.14. The fourth-order valence-corrected chi connectivity index (χ4v) is 3.50. The van der Waals surface area contributed by atoms with Crippen molar-refractivity contribution in [3.63, 3.8) is 0 Å². The number of pyridine rings is 2. The average molecular weight is 438 g/mol. The highest BCUT2D eigenvalue weighted by Gasteiger charge is 2.40. The highest BCUT2D eigenvalue weighted by Crippen LogP contribution is 2.33. The Labute approximate surface area is 172 Å². The molecule has 0 aliphatic carbocycles. The van der Waals surface area contributed by atoms with E-state index in [1.54, 1.807) is 13.8 Å². The molecule has 1 aliphatic heterocycles. The number of halogens is 5. The van der Waals surface area contributed by atoms with Crippen LogP contribution < -0.4 is 0 Å². The van der Waals surface area contributed by atoms with Crippen molar-refractivity contribution in [3.8, 4) is 5.82 Å². The second-order valence-corrected chi connectivity index (χ2v) is 7.07. The molecule has 4 heterocycles. The Balaban J connectivity index is 1.66. The van der Waals surface area contributed by atoms with Crippen LogP contribution >= 0.6 is 0 Å². The number of nitrogens with zero attached hydrogens (tertiary/aromatic N) is 6. The molecule has 162 valence electrons. The minimum atomic E-state index is -5.02. The number of aromatic nitrogens is 5. The summed E-state index contributed by atoms with van der Waals surface area (Å²) in [6.07, 6.45) is -2.97. The van der Waals surface area contributed by atoms with Gasteiger partial charge in [0.2, 0.25) is 0 Å². The van der Waals surface area contributed by atoms with E-state index in [0.717, 1.165) is 18.5 Å². The lowest BCUT2D eigenvalue weighted by Crippen LogP contribution is -2.40. The fourth-order valence-electron chi connectivity index (χ4n) is 3.50. The van der Waals surface area contributed by atoms with Crippen molar-refractivity contribution in [3.05, 3.63) is 64.4 Å². The van der Waals surface area contributed by atoms with Crippen molar-refractivity contribution in [2.45, 2.75) is 32.5 Å². The van der Waals surface area contributed by atoms with Gasteiger partial charge in [-0.15, -0.1) is 5.10 Å². The molecular weight excluding hydrogens is 423 g/mol. The van der Waals surface area contributed by atoms with Gasteiger partial charge < -0.3 is 4.90 Å². The topological polar surface area (TPSA) is 76.8 Å². The number of carbonyl (C=O) groups is 1. The summed E-state index contributed by atoms with van der Waals surface area (Å²) >= 11 is 0. The van der Waals surface area contributed by atoms with Gasteiger partial charge in [-0.1, -0.05) is 5.21 Å². The summed E-state index contributed by atoms with van der Waals surface area (Å²) in [5.41, 5.74) is -1.08. The molecule has 3 aromatic rings. The van der Waals surface area contributed by atoms with E-state index in [2.05, 4.69) is 20.3 Å². The first-order valence-electron chi connectivity index (χ1n) is 9.19. The van der Waals surface area contributed by atoms with Gasteiger partial charge in [0, 0.05) is 19.2 Å². The monoisotopic (exact) mass is 438 g/mol. The highest BCUT2D eigenvalue weighted by molar-refractivity contribution is 5.95. The van der Waals surface area contributed by atoms with Gasteiger partial charge in [0.25, 0.3) is 5.91 Å². The van der Waals surface area contributed by atoms with Crippen molar-refractivity contribution in [1.82, 2.24) is 29.9 Å². The SMILES string of the molecule is Cc1cc(-n2nnc3c2CCN(C(=O)c2ccnc(C(F)(F)F)c2F)[C@@H]3C)ncc1F. The van der Waals surface area contributed by atoms with Crippen LogP contribution in [0.25, 0.3) is 5.82 Å². The Kier molecular flexibility index (Phi) is 4.94. The van der Waals surface area contributed by atoms with E-state index in [-0.39, 0.29) is 13.0 Å². The number of fused-ring (bicyclic) bond motifs is 1. The van der Waals surface area contributed by atoms with E-state index in [9.17, 15) is 26.7 Å². The first kappa shape index (κ1) is 20.8. The molecule has 31 heavy (non-hydrogen) atoms. The Hall–Kier alpha value is -3.44. The van der Waals surface area contributed by atoms with Crippen LogP contribution in [0.5, 0.6) is 0 Å². The van der Waals surface area contributed by atoms with Crippen LogP contribution in [0.2, 0.25) is 0 Å². The van der Waals surface area contributed by atoms with E-state index in [4.69, 9.17) is 0 Å². The minimum Gasteiger partial charge on any atom is -0.330 e. The molecule has 0 N–H and O–H groups in total. The molecule has 1 amide bonds. The number of hydrogen-bond donors (Lipinski definition) is 0. The van der Waals surface area contributed by atoms with Gasteiger partial charge in [-0.25, -0.2) is 18.7 Å². The van der Waals surface area contributed by atoms with Gasteiger partial charge in [0.15, 0.2) is 17.3 Å². The zero-order chi connectivity index (χ0) is 22.5. The first-order valence-corrected chi connectivity index (χ1v) is 9.19. The van der Waals surface area contributed by atoms with Crippen LogP contribution in [0.4, 0.5) is 22.0 Å². The molecule has 4 rings (SSSR count). The smallest absolute Gasteiger partial charge is 0.330 e. The molecular formula is C19H15F5N6O. The van der Waals surface area contributed by atoms with Crippen LogP contribution in [-0.4, -0.2) is 42.3 Å². The lowest BCUT2D eigenvalue weighted by Gasteiger charge is -2.32. The normalized spacial score (nSPS) is 16.4. The first-order chi connectivity index (χ1) is 14.6. The number of carbonyl (C=O) groups excluding carboxylic acids is 1. The number of amides is 1. The lowest BCUT2D eigenvalue weighted by molar-refractivity contribution is -0.143. The zero-order valence-electron chi connectivity index (χ0n) is 16.3. The fraction of sp³-hybridized carbons (Fsp3) is 0.316. The van der Waals surface area contributed by atoms with Crippen molar-refractivity contribution < 1.29 is 26.7 Å². The van der Waals surface area contributed by atoms with E-state index in [1.165, 1.54) is 15.6 Å². The summed E-state index contributed by atoms with van der Waals surface area (Å²) in [7, 11) is 0. The van der Waals surface area contributed by atoms with Crippen molar-refractivity contribution >= 4 is 5.91 Å². The number of hydrogen-bond acceptors (Lipinski definition) is 5. The summed E-state index contributed by atoms with van der Waals surface area (Å²) in [4.78, 5) is 21.1. The molecule has 1 aliphatic rings. The maximum Gasteiger partial charge on any atom is 0.436 e. The molecule has 0 fully saturated rings. The van der Waals surface area contributed by atoms with E-state index in [1.807, 2.05) is 0 Å². The van der Waals surface area contributed by atoms with Crippen LogP contribution in [0.1, 0.15) is 46.0 Å². The van der Waals surface area contributed by atoms with Crippen LogP contribution in [0.3, 0.4) is 0 Å². The van der Waals surface area contributed by atoms with Gasteiger partial charge in [0.05, 0.1) is 23.5 Å². The van der Waals surface area contributed by atoms with Gasteiger partial charge in [-0.05, 0) is 31.5 Å². The molecule has 3 aromatic heterocycles. The van der Waals surface area contributed by atoms with Crippen LogP contribution in [0, 0.1) is 18.6 Å². The Morgan fingerprint density at radius 3 is 2.65 bits per heavy atom. The van der Waals surface area contributed by atoms with E-state index >= 15 is 0 Å². The molecule has 12 heteroatoms. The summed E-state index contributed by atoms with van der Waals surface area (Å²) in [5.74, 6) is -2.75. The molecule has 7 nitrogen and oxygen atoms in total. The molecule has 1 atom stereocenters. The maximum atomic E-state index is 14.4. The zero-order valence-corrected chi connectivity index (χ0v) is 16.3. The molecule has 0 saturated carbocycles. The largest absolute Gasteiger partial charge is 0.436 e. The highest BCUT2D eigenvalue weighted by atomic mass is 19.4. The number of rotatable bonds is 2. The van der Waals surface area contributed by atoms with Crippen molar-refractivity contribution in [1.29, 1.82) is 0 Å². The quantitative estimate of drug-likeness (QED) is 0.573. The van der Waals surface area contributed by atoms with Crippen molar-refractivity contribution in [2.24, 2.45) is 0 Å². The minimum absolute atomic E-state index is 0.0870. The van der Waals surface area contributed by atoms with Crippen molar-refractivity contribution in [2.75, 3.05) is 6.54 Å². The van der Waals surface area contributed by atoms with Crippen LogP contribution in [0.15, 0.2) is 24.5 Å². The second-order valence-electron chi connectivity index (χ2n) is 7.07. The number of alkyl halides is 3. The molecule has 0 spiro atoms. The number of aryl methyl sites for hydroxylation is 1. The second kappa shape index (κ2) is 7.36. The van der Waals surface area contributed by atoms with Gasteiger partial charge >= 0.3 is 6.18 Å². The van der Waals surface area contributed by atoms with Gasteiger partial charge in [0.1, 0.15) is 11.5 Å². The molecule has 0 saturated heterocycles. The molecule has 0 unspecified atom stereocenters. The third kappa shape index (κ3) is 3.51. The summed E-state index contributed by atoms with van der Waals surface area (Å²) in [6, 6.07) is 1.72. The van der Waals surface area contributed by atoms with Gasteiger partial charge in [-0.2, -0.15) is 17.9 Å². The van der Waals surface area contributed by atoms with Crippen LogP contribution in [-0.2, 0) is 12.6 Å². The molecule has 0 aromatic carbocycles. The molecule has 0 bridgehead atoms. The maximum absolute atomic E-state index is 14.4. The standard InChI is InChI=1S/C19H15F5N6O/c1-9-7-14(26-8-12(9)20)30-13-4-6-29(10(2)16(13)27-28-30)18(31)11-3-5-25-17(15(11)21)19(22,23)24/h3,5,7-8,10H,4,6H2,1-2H3/t10-/m1/s1. The average Bonchev–Trinajstić information content (AvgIpc) is 3.14.